The lowest BCUT2D eigenvalue weighted by atomic mass is 10.00. The van der Waals surface area contributed by atoms with Gasteiger partial charge in [-0.15, -0.1) is 0 Å². The van der Waals surface area contributed by atoms with Crippen molar-refractivity contribution < 1.29 is 9.90 Å². The Bertz CT molecular complexity index is 395. The van der Waals surface area contributed by atoms with E-state index in [4.69, 9.17) is 5.11 Å². The van der Waals surface area contributed by atoms with Crippen LogP contribution in [-0.2, 0) is 11.3 Å². The molecule has 0 aromatic heterocycles. The second-order valence-electron chi connectivity index (χ2n) is 4.95. The van der Waals surface area contributed by atoms with Crippen molar-refractivity contribution in [2.75, 3.05) is 7.05 Å². The summed E-state index contributed by atoms with van der Waals surface area (Å²) in [5.74, 6) is -1.20. The van der Waals surface area contributed by atoms with E-state index in [1.807, 2.05) is 24.3 Å². The molecule has 1 N–H and O–H groups in total. The molecule has 1 aliphatic rings. The average molecular weight is 233 g/mol. The lowest BCUT2D eigenvalue weighted by Crippen LogP contribution is -2.19. The molecule has 0 aliphatic heterocycles. The number of carboxylic acid groups (broad SMARTS) is 1. The van der Waals surface area contributed by atoms with Gasteiger partial charge >= 0.3 is 5.97 Å². The first kappa shape index (κ1) is 12.1. The van der Waals surface area contributed by atoms with Gasteiger partial charge in [-0.1, -0.05) is 24.3 Å². The van der Waals surface area contributed by atoms with Crippen LogP contribution < -0.4 is 0 Å². The monoisotopic (exact) mass is 233 g/mol. The van der Waals surface area contributed by atoms with Crippen molar-refractivity contribution in [1.29, 1.82) is 0 Å². The Kier molecular flexibility index (Phi) is 3.48. The quantitative estimate of drug-likeness (QED) is 0.849. The number of rotatable bonds is 5. The number of carboxylic acids is 1. The summed E-state index contributed by atoms with van der Waals surface area (Å²) in [5.41, 5.74) is 2.12. The van der Waals surface area contributed by atoms with E-state index in [0.717, 1.165) is 18.2 Å². The second kappa shape index (κ2) is 4.88. The zero-order chi connectivity index (χ0) is 12.4. The zero-order valence-electron chi connectivity index (χ0n) is 10.4. The van der Waals surface area contributed by atoms with Gasteiger partial charge in [-0.05, 0) is 37.9 Å². The smallest absolute Gasteiger partial charge is 0.310 e. The molecule has 1 aliphatic carbocycles. The van der Waals surface area contributed by atoms with E-state index in [0.29, 0.717) is 0 Å². The molecular formula is C14H19NO2. The first-order valence-corrected chi connectivity index (χ1v) is 6.10. The third kappa shape index (κ3) is 3.07. The second-order valence-corrected chi connectivity index (χ2v) is 4.95. The molecule has 1 atom stereocenters. The summed E-state index contributed by atoms with van der Waals surface area (Å²) in [7, 11) is 2.14. The van der Waals surface area contributed by atoms with Gasteiger partial charge in [0.15, 0.2) is 0 Å². The minimum absolute atomic E-state index is 0.426. The average Bonchev–Trinajstić information content (AvgIpc) is 3.12. The highest BCUT2D eigenvalue weighted by Gasteiger charge is 2.25. The molecule has 17 heavy (non-hydrogen) atoms. The Balaban J connectivity index is 1.99. The minimum atomic E-state index is -0.771. The number of hydrogen-bond acceptors (Lipinski definition) is 2. The highest BCUT2D eigenvalue weighted by atomic mass is 16.4. The Morgan fingerprint density at radius 1 is 1.41 bits per heavy atom. The summed E-state index contributed by atoms with van der Waals surface area (Å²) < 4.78 is 0. The van der Waals surface area contributed by atoms with Crippen LogP contribution in [0.15, 0.2) is 24.3 Å². The molecule has 3 nitrogen and oxygen atoms in total. The molecule has 1 aromatic carbocycles. The molecule has 2 rings (SSSR count). The molecule has 3 heteroatoms. The van der Waals surface area contributed by atoms with Crippen molar-refractivity contribution in [3.05, 3.63) is 35.4 Å². The van der Waals surface area contributed by atoms with Gasteiger partial charge in [0.05, 0.1) is 5.92 Å². The van der Waals surface area contributed by atoms with Crippen LogP contribution >= 0.6 is 0 Å². The standard InChI is InChI=1S/C14H19NO2/c1-10(14(16)17)12-5-3-11(4-6-12)9-15(2)13-7-8-13/h3-6,10,13H,7-9H2,1-2H3,(H,16,17). The number of benzene rings is 1. The molecule has 1 fully saturated rings. The Morgan fingerprint density at radius 2 is 2.00 bits per heavy atom. The van der Waals surface area contributed by atoms with E-state index >= 15 is 0 Å². The number of aliphatic carboxylic acids is 1. The van der Waals surface area contributed by atoms with Gasteiger partial charge in [0, 0.05) is 12.6 Å². The Labute approximate surface area is 102 Å². The first-order valence-electron chi connectivity index (χ1n) is 6.10. The van der Waals surface area contributed by atoms with E-state index < -0.39 is 11.9 Å². The van der Waals surface area contributed by atoms with E-state index in [1.54, 1.807) is 6.92 Å². The lowest BCUT2D eigenvalue weighted by molar-refractivity contribution is -0.138. The van der Waals surface area contributed by atoms with E-state index in [1.165, 1.54) is 18.4 Å². The van der Waals surface area contributed by atoms with E-state index in [2.05, 4.69) is 11.9 Å². The first-order chi connectivity index (χ1) is 8.08. The van der Waals surface area contributed by atoms with Gasteiger partial charge in [0.2, 0.25) is 0 Å². The Morgan fingerprint density at radius 3 is 2.47 bits per heavy atom. The van der Waals surface area contributed by atoms with Crippen molar-refractivity contribution in [3.63, 3.8) is 0 Å². The molecule has 92 valence electrons. The van der Waals surface area contributed by atoms with Gasteiger partial charge in [0.25, 0.3) is 0 Å². The van der Waals surface area contributed by atoms with Crippen LogP contribution in [0.5, 0.6) is 0 Å². The van der Waals surface area contributed by atoms with Gasteiger partial charge in [-0.3, -0.25) is 9.69 Å². The largest absolute Gasteiger partial charge is 0.481 e. The minimum Gasteiger partial charge on any atom is -0.481 e. The molecule has 1 saturated carbocycles. The van der Waals surface area contributed by atoms with Gasteiger partial charge in [-0.2, -0.15) is 0 Å². The maximum absolute atomic E-state index is 10.9. The summed E-state index contributed by atoms with van der Waals surface area (Å²) >= 11 is 0. The van der Waals surface area contributed by atoms with Gasteiger partial charge in [0.1, 0.15) is 0 Å². The molecular weight excluding hydrogens is 214 g/mol. The highest BCUT2D eigenvalue weighted by Crippen LogP contribution is 2.27. The fraction of sp³-hybridized carbons (Fsp3) is 0.500. The van der Waals surface area contributed by atoms with Crippen LogP contribution in [0.25, 0.3) is 0 Å². The molecule has 0 radical (unpaired) electrons. The summed E-state index contributed by atoms with van der Waals surface area (Å²) in [5, 5.41) is 8.92. The van der Waals surface area contributed by atoms with Crippen LogP contribution in [0, 0.1) is 0 Å². The van der Waals surface area contributed by atoms with Gasteiger partial charge in [-0.25, -0.2) is 0 Å². The topological polar surface area (TPSA) is 40.5 Å². The lowest BCUT2D eigenvalue weighted by Gasteiger charge is -2.16. The number of nitrogens with zero attached hydrogens (tertiary/aromatic N) is 1. The maximum atomic E-state index is 10.9. The summed E-state index contributed by atoms with van der Waals surface area (Å²) in [4.78, 5) is 13.2. The third-order valence-corrected chi connectivity index (χ3v) is 3.45. The number of hydrogen-bond donors (Lipinski definition) is 1. The maximum Gasteiger partial charge on any atom is 0.310 e. The molecule has 0 heterocycles. The summed E-state index contributed by atoms with van der Waals surface area (Å²) in [6, 6.07) is 8.68. The molecule has 1 aromatic rings. The van der Waals surface area contributed by atoms with Crippen molar-refractivity contribution in [1.82, 2.24) is 4.90 Å². The predicted octanol–water partition coefficient (Wildman–Crippen LogP) is 2.47. The van der Waals surface area contributed by atoms with Crippen molar-refractivity contribution in [2.45, 2.75) is 38.3 Å². The van der Waals surface area contributed by atoms with Crippen LogP contribution in [0.3, 0.4) is 0 Å². The van der Waals surface area contributed by atoms with Crippen molar-refractivity contribution >= 4 is 5.97 Å². The SMILES string of the molecule is CC(C(=O)O)c1ccc(CN(C)C2CC2)cc1. The van der Waals surface area contributed by atoms with E-state index in [9.17, 15) is 4.79 Å². The highest BCUT2D eigenvalue weighted by molar-refractivity contribution is 5.75. The molecule has 0 bridgehead atoms. The van der Waals surface area contributed by atoms with Crippen molar-refractivity contribution in [2.24, 2.45) is 0 Å². The van der Waals surface area contributed by atoms with Crippen LogP contribution in [0.1, 0.15) is 36.8 Å². The van der Waals surface area contributed by atoms with Crippen LogP contribution in [0.4, 0.5) is 0 Å². The zero-order valence-corrected chi connectivity index (χ0v) is 10.4. The molecule has 0 amide bonds. The van der Waals surface area contributed by atoms with Crippen LogP contribution in [0.2, 0.25) is 0 Å². The van der Waals surface area contributed by atoms with E-state index in [-0.39, 0.29) is 0 Å². The van der Waals surface area contributed by atoms with Crippen molar-refractivity contribution in [3.8, 4) is 0 Å². The summed E-state index contributed by atoms with van der Waals surface area (Å²) in [6.07, 6.45) is 2.62. The van der Waals surface area contributed by atoms with Crippen LogP contribution in [-0.4, -0.2) is 29.1 Å². The number of carbonyl (C=O) groups is 1. The fourth-order valence-electron chi connectivity index (χ4n) is 1.99. The Hall–Kier alpha value is -1.35. The molecule has 1 unspecified atom stereocenters. The van der Waals surface area contributed by atoms with Gasteiger partial charge < -0.3 is 5.11 Å². The predicted molar refractivity (Wildman–Crippen MR) is 67.0 cm³/mol. The fourth-order valence-corrected chi connectivity index (χ4v) is 1.99. The normalized spacial score (nSPS) is 17.1. The third-order valence-electron chi connectivity index (χ3n) is 3.45. The molecule has 0 saturated heterocycles. The molecule has 0 spiro atoms. The summed E-state index contributed by atoms with van der Waals surface area (Å²) in [6.45, 7) is 2.67.